The second kappa shape index (κ2) is 5.88. The number of benzene rings is 1. The van der Waals surface area contributed by atoms with E-state index >= 15 is 0 Å². The molecule has 2 rings (SSSR count). The van der Waals surface area contributed by atoms with Crippen molar-refractivity contribution in [2.75, 3.05) is 7.05 Å². The molecule has 0 radical (unpaired) electrons. The summed E-state index contributed by atoms with van der Waals surface area (Å²) in [5.41, 5.74) is 3.48. The molecule has 0 fully saturated rings. The van der Waals surface area contributed by atoms with Gasteiger partial charge in [-0.1, -0.05) is 29.8 Å². The van der Waals surface area contributed by atoms with Crippen molar-refractivity contribution < 1.29 is 4.79 Å². The van der Waals surface area contributed by atoms with Gasteiger partial charge in [0, 0.05) is 13.6 Å². The maximum atomic E-state index is 12.3. The van der Waals surface area contributed by atoms with Crippen LogP contribution in [0, 0.1) is 13.8 Å². The van der Waals surface area contributed by atoms with Crippen LogP contribution in [0.25, 0.3) is 0 Å². The second-order valence-electron chi connectivity index (χ2n) is 4.72. The van der Waals surface area contributed by atoms with Gasteiger partial charge in [0.05, 0.1) is 8.66 Å². The Hall–Kier alpha value is -1.13. The van der Waals surface area contributed by atoms with Gasteiger partial charge in [-0.25, -0.2) is 0 Å². The van der Waals surface area contributed by atoms with Crippen molar-refractivity contribution in [2.24, 2.45) is 0 Å². The highest BCUT2D eigenvalue weighted by Crippen LogP contribution is 2.28. The number of rotatable bonds is 3. The summed E-state index contributed by atoms with van der Waals surface area (Å²) < 4.78 is 1.03. The van der Waals surface area contributed by atoms with Crippen molar-refractivity contribution >= 4 is 33.2 Å². The first-order valence-corrected chi connectivity index (χ1v) is 7.65. The highest BCUT2D eigenvalue weighted by atomic mass is 79.9. The minimum absolute atomic E-state index is 0.0697. The first-order valence-electron chi connectivity index (χ1n) is 6.04. The Morgan fingerprint density at radius 3 is 2.63 bits per heavy atom. The normalized spacial score (nSPS) is 10.5. The van der Waals surface area contributed by atoms with E-state index < -0.39 is 0 Å². The monoisotopic (exact) mass is 337 g/mol. The number of carbonyl (C=O) groups is 1. The molecule has 0 bridgehead atoms. The maximum Gasteiger partial charge on any atom is 0.264 e. The highest BCUT2D eigenvalue weighted by Gasteiger charge is 2.15. The Morgan fingerprint density at radius 1 is 1.32 bits per heavy atom. The van der Waals surface area contributed by atoms with E-state index in [0.717, 1.165) is 19.8 Å². The van der Waals surface area contributed by atoms with Crippen LogP contribution in [0.2, 0.25) is 0 Å². The third kappa shape index (κ3) is 3.45. The highest BCUT2D eigenvalue weighted by molar-refractivity contribution is 9.11. The van der Waals surface area contributed by atoms with E-state index in [0.29, 0.717) is 6.54 Å². The molecular weight excluding hydrogens is 322 g/mol. The Balaban J connectivity index is 2.11. The first kappa shape index (κ1) is 14.3. The Bertz CT molecular complexity index is 586. The van der Waals surface area contributed by atoms with Crippen molar-refractivity contribution in [3.05, 3.63) is 55.7 Å². The van der Waals surface area contributed by atoms with Gasteiger partial charge in [0.25, 0.3) is 5.91 Å². The third-order valence-electron chi connectivity index (χ3n) is 2.92. The molecule has 1 amide bonds. The fraction of sp³-hybridized carbons (Fsp3) is 0.267. The summed E-state index contributed by atoms with van der Waals surface area (Å²) >= 11 is 4.95. The zero-order valence-corrected chi connectivity index (χ0v) is 13.6. The number of aryl methyl sites for hydroxylation is 2. The molecule has 0 saturated heterocycles. The van der Waals surface area contributed by atoms with E-state index in [-0.39, 0.29) is 5.91 Å². The van der Waals surface area contributed by atoms with Crippen LogP contribution in [0.5, 0.6) is 0 Å². The molecule has 2 nitrogen and oxygen atoms in total. The van der Waals surface area contributed by atoms with E-state index in [1.165, 1.54) is 16.9 Å². The summed E-state index contributed by atoms with van der Waals surface area (Å²) in [6.07, 6.45) is 0. The van der Waals surface area contributed by atoms with Crippen molar-refractivity contribution in [3.8, 4) is 0 Å². The smallest absolute Gasteiger partial charge is 0.264 e. The molecule has 1 heterocycles. The first-order chi connectivity index (χ1) is 8.97. The van der Waals surface area contributed by atoms with Crippen LogP contribution in [0.3, 0.4) is 0 Å². The SMILES string of the molecule is Cc1cccc(CN(C)C(=O)c2cc(C)c(Br)s2)c1. The van der Waals surface area contributed by atoms with E-state index in [2.05, 4.69) is 35.0 Å². The lowest BCUT2D eigenvalue weighted by atomic mass is 10.1. The van der Waals surface area contributed by atoms with E-state index in [9.17, 15) is 4.79 Å². The average Bonchev–Trinajstić information content (AvgIpc) is 2.68. The maximum absolute atomic E-state index is 12.3. The summed E-state index contributed by atoms with van der Waals surface area (Å²) in [4.78, 5) is 14.8. The van der Waals surface area contributed by atoms with Gasteiger partial charge in [0.1, 0.15) is 0 Å². The molecule has 2 aromatic rings. The molecular formula is C15H16BrNOS. The Kier molecular flexibility index (Phi) is 4.42. The van der Waals surface area contributed by atoms with E-state index in [4.69, 9.17) is 0 Å². The number of hydrogen-bond acceptors (Lipinski definition) is 2. The number of hydrogen-bond donors (Lipinski definition) is 0. The van der Waals surface area contributed by atoms with Crippen LogP contribution in [0.4, 0.5) is 0 Å². The summed E-state index contributed by atoms with van der Waals surface area (Å²) in [5, 5.41) is 0. The summed E-state index contributed by atoms with van der Waals surface area (Å²) in [6.45, 7) is 4.69. The minimum Gasteiger partial charge on any atom is -0.337 e. The van der Waals surface area contributed by atoms with E-state index in [1.54, 1.807) is 4.90 Å². The zero-order chi connectivity index (χ0) is 14.0. The quantitative estimate of drug-likeness (QED) is 0.812. The molecule has 100 valence electrons. The lowest BCUT2D eigenvalue weighted by Crippen LogP contribution is -2.25. The number of carbonyl (C=O) groups excluding carboxylic acids is 1. The third-order valence-corrected chi connectivity index (χ3v) is 5.04. The number of halogens is 1. The van der Waals surface area contributed by atoms with Gasteiger partial charge in [-0.15, -0.1) is 11.3 Å². The Labute approximate surface area is 126 Å². The van der Waals surface area contributed by atoms with Gasteiger partial charge in [-0.3, -0.25) is 4.79 Å². The molecule has 0 aliphatic heterocycles. The summed E-state index contributed by atoms with van der Waals surface area (Å²) in [6, 6.07) is 10.2. The van der Waals surface area contributed by atoms with Crippen molar-refractivity contribution in [1.82, 2.24) is 4.90 Å². The summed E-state index contributed by atoms with van der Waals surface area (Å²) in [5.74, 6) is 0.0697. The molecule has 19 heavy (non-hydrogen) atoms. The van der Waals surface area contributed by atoms with Gasteiger partial charge in [-0.05, 0) is 47.0 Å². The van der Waals surface area contributed by atoms with Crippen molar-refractivity contribution in [2.45, 2.75) is 20.4 Å². The molecule has 0 atom stereocenters. The number of amides is 1. The molecule has 4 heteroatoms. The van der Waals surface area contributed by atoms with Crippen LogP contribution >= 0.6 is 27.3 Å². The Morgan fingerprint density at radius 2 is 2.05 bits per heavy atom. The van der Waals surface area contributed by atoms with Gasteiger partial charge < -0.3 is 4.90 Å². The number of nitrogens with zero attached hydrogens (tertiary/aromatic N) is 1. The van der Waals surface area contributed by atoms with Gasteiger partial charge in [0.2, 0.25) is 0 Å². The van der Waals surface area contributed by atoms with Crippen molar-refractivity contribution in [1.29, 1.82) is 0 Å². The minimum atomic E-state index is 0.0697. The largest absolute Gasteiger partial charge is 0.337 e. The number of thiophene rings is 1. The van der Waals surface area contributed by atoms with Gasteiger partial charge in [-0.2, -0.15) is 0 Å². The fourth-order valence-electron chi connectivity index (χ4n) is 1.91. The topological polar surface area (TPSA) is 20.3 Å². The van der Waals surface area contributed by atoms with Crippen LogP contribution in [-0.4, -0.2) is 17.9 Å². The molecule has 0 aliphatic carbocycles. The molecule has 0 saturated carbocycles. The van der Waals surface area contributed by atoms with Gasteiger partial charge in [0.15, 0.2) is 0 Å². The molecule has 0 aliphatic rings. The van der Waals surface area contributed by atoms with Crippen LogP contribution < -0.4 is 0 Å². The predicted molar refractivity (Wildman–Crippen MR) is 83.7 cm³/mol. The zero-order valence-electron chi connectivity index (χ0n) is 11.2. The summed E-state index contributed by atoms with van der Waals surface area (Å²) in [7, 11) is 1.84. The molecule has 0 spiro atoms. The van der Waals surface area contributed by atoms with Gasteiger partial charge >= 0.3 is 0 Å². The van der Waals surface area contributed by atoms with E-state index in [1.807, 2.05) is 32.2 Å². The molecule has 0 unspecified atom stereocenters. The average molecular weight is 338 g/mol. The molecule has 0 N–H and O–H groups in total. The fourth-order valence-corrected chi connectivity index (χ4v) is 3.44. The van der Waals surface area contributed by atoms with Crippen molar-refractivity contribution in [3.63, 3.8) is 0 Å². The van der Waals surface area contributed by atoms with Crippen LogP contribution in [0.15, 0.2) is 34.1 Å². The lowest BCUT2D eigenvalue weighted by molar-refractivity contribution is 0.0790. The van der Waals surface area contributed by atoms with Crippen LogP contribution in [-0.2, 0) is 6.54 Å². The standard InChI is InChI=1S/C15H16BrNOS/c1-10-5-4-6-12(7-10)9-17(3)15(18)13-8-11(2)14(16)19-13/h4-8H,9H2,1-3H3. The molecule has 1 aromatic carbocycles. The lowest BCUT2D eigenvalue weighted by Gasteiger charge is -2.16. The second-order valence-corrected chi connectivity index (χ2v) is 7.09. The predicted octanol–water partition coefficient (Wildman–Crippen LogP) is 4.40. The molecule has 1 aromatic heterocycles. The van der Waals surface area contributed by atoms with Crippen LogP contribution in [0.1, 0.15) is 26.4 Å².